The number of piperidine rings is 1. The first-order valence-electron chi connectivity index (χ1n) is 7.21. The highest BCUT2D eigenvalue weighted by Gasteiger charge is 2.19. The summed E-state index contributed by atoms with van der Waals surface area (Å²) in [4.78, 5) is 2.44. The maximum absolute atomic E-state index is 12.4. The quantitative estimate of drug-likeness (QED) is 0.864. The van der Waals surface area contributed by atoms with Crippen LogP contribution in [-0.4, -0.2) is 37.2 Å². The second kappa shape index (κ2) is 7.43. The summed E-state index contributed by atoms with van der Waals surface area (Å²) in [7, 11) is 0. The maximum atomic E-state index is 12.4. The van der Waals surface area contributed by atoms with Crippen LogP contribution in [0.3, 0.4) is 0 Å². The van der Waals surface area contributed by atoms with Crippen LogP contribution in [0.2, 0.25) is 0 Å². The third-order valence-corrected chi connectivity index (χ3v) is 3.59. The molecule has 0 spiro atoms. The Balaban J connectivity index is 1.91. The number of anilines is 1. The van der Waals surface area contributed by atoms with Crippen LogP contribution >= 0.6 is 0 Å². The molecule has 1 aromatic rings. The Labute approximate surface area is 118 Å². The van der Waals surface area contributed by atoms with E-state index < -0.39 is 6.61 Å². The molecule has 1 aliphatic heterocycles. The molecule has 1 fully saturated rings. The summed E-state index contributed by atoms with van der Waals surface area (Å²) < 4.78 is 29.3. The molecule has 0 aromatic heterocycles. The van der Waals surface area contributed by atoms with Crippen LogP contribution in [0.1, 0.15) is 26.2 Å². The minimum atomic E-state index is -2.79. The molecule has 1 saturated heterocycles. The lowest BCUT2D eigenvalue weighted by molar-refractivity contribution is -0.0494. The van der Waals surface area contributed by atoms with Crippen molar-refractivity contribution in [2.24, 2.45) is 0 Å². The first kappa shape index (κ1) is 15.0. The van der Waals surface area contributed by atoms with Crippen molar-refractivity contribution in [1.29, 1.82) is 0 Å². The molecule has 3 nitrogen and oxygen atoms in total. The Bertz CT molecular complexity index is 407. The predicted molar refractivity (Wildman–Crippen MR) is 76.4 cm³/mol. The number of rotatable bonds is 6. The highest BCUT2D eigenvalue weighted by molar-refractivity contribution is 5.56. The Hall–Kier alpha value is -1.36. The summed E-state index contributed by atoms with van der Waals surface area (Å²) in [6, 6.07) is 7.21. The smallest absolute Gasteiger partial charge is 0.387 e. The van der Waals surface area contributed by atoms with Gasteiger partial charge in [0.05, 0.1) is 5.69 Å². The van der Waals surface area contributed by atoms with E-state index in [0.717, 1.165) is 32.5 Å². The van der Waals surface area contributed by atoms with E-state index in [9.17, 15) is 8.78 Å². The molecule has 1 N–H and O–H groups in total. The summed E-state index contributed by atoms with van der Waals surface area (Å²) in [5.74, 6) is 0.221. The van der Waals surface area contributed by atoms with E-state index in [1.807, 2.05) is 6.07 Å². The Morgan fingerprint density at radius 1 is 1.30 bits per heavy atom. The molecular formula is C15H22F2N2O. The summed E-state index contributed by atoms with van der Waals surface area (Å²) in [5, 5.41) is 3.33. The molecule has 0 saturated carbocycles. The first-order chi connectivity index (χ1) is 9.69. The molecule has 1 aliphatic rings. The highest BCUT2D eigenvalue weighted by atomic mass is 19.3. The average molecular weight is 284 g/mol. The Kier molecular flexibility index (Phi) is 5.59. The summed E-state index contributed by atoms with van der Waals surface area (Å²) in [5.41, 5.74) is 0.654. The molecule has 20 heavy (non-hydrogen) atoms. The van der Waals surface area contributed by atoms with Crippen molar-refractivity contribution in [1.82, 2.24) is 4.90 Å². The lowest BCUT2D eigenvalue weighted by Gasteiger charge is -2.32. The van der Waals surface area contributed by atoms with Gasteiger partial charge in [-0.15, -0.1) is 0 Å². The number of ether oxygens (including phenoxy) is 1. The lowest BCUT2D eigenvalue weighted by atomic mass is 10.0. The van der Waals surface area contributed by atoms with Crippen molar-refractivity contribution in [3.8, 4) is 5.75 Å². The predicted octanol–water partition coefficient (Wildman–Crippen LogP) is 3.57. The van der Waals surface area contributed by atoms with Crippen molar-refractivity contribution < 1.29 is 13.5 Å². The zero-order chi connectivity index (χ0) is 14.4. The number of likely N-dealkylation sites (tertiary alicyclic amines) is 1. The molecule has 1 aromatic carbocycles. The van der Waals surface area contributed by atoms with Gasteiger partial charge in [0.25, 0.3) is 0 Å². The number of alkyl halides is 2. The largest absolute Gasteiger partial charge is 0.433 e. The molecule has 0 radical (unpaired) electrons. The molecule has 112 valence electrons. The van der Waals surface area contributed by atoms with Gasteiger partial charge >= 0.3 is 6.61 Å². The van der Waals surface area contributed by atoms with E-state index >= 15 is 0 Å². The number of benzene rings is 1. The maximum Gasteiger partial charge on any atom is 0.387 e. The molecule has 0 aliphatic carbocycles. The van der Waals surface area contributed by atoms with Crippen LogP contribution in [0.4, 0.5) is 14.5 Å². The van der Waals surface area contributed by atoms with Gasteiger partial charge in [-0.05, 0) is 37.9 Å². The van der Waals surface area contributed by atoms with Crippen molar-refractivity contribution in [2.75, 3.05) is 25.0 Å². The van der Waals surface area contributed by atoms with Gasteiger partial charge in [0, 0.05) is 19.1 Å². The molecule has 5 heteroatoms. The van der Waals surface area contributed by atoms with Crippen molar-refractivity contribution in [2.45, 2.75) is 38.8 Å². The fourth-order valence-electron chi connectivity index (χ4n) is 2.62. The molecule has 0 unspecified atom stereocenters. The van der Waals surface area contributed by atoms with E-state index in [1.54, 1.807) is 18.2 Å². The fourth-order valence-corrected chi connectivity index (χ4v) is 2.62. The van der Waals surface area contributed by atoms with E-state index in [4.69, 9.17) is 0 Å². The SMILES string of the molecule is CCCN1CCC(Nc2ccccc2OC(F)F)CC1. The zero-order valence-corrected chi connectivity index (χ0v) is 11.8. The first-order valence-corrected chi connectivity index (χ1v) is 7.21. The molecule has 0 bridgehead atoms. The van der Waals surface area contributed by atoms with Gasteiger partial charge in [0.15, 0.2) is 0 Å². The van der Waals surface area contributed by atoms with Crippen molar-refractivity contribution >= 4 is 5.69 Å². The van der Waals surface area contributed by atoms with Gasteiger partial charge < -0.3 is 15.0 Å². The molecular weight excluding hydrogens is 262 g/mol. The van der Waals surface area contributed by atoms with E-state index in [2.05, 4.69) is 21.9 Å². The molecule has 2 rings (SSSR count). The van der Waals surface area contributed by atoms with Crippen LogP contribution in [0.5, 0.6) is 5.75 Å². The number of hydrogen-bond donors (Lipinski definition) is 1. The monoisotopic (exact) mass is 284 g/mol. The molecule has 0 amide bonds. The second-order valence-corrected chi connectivity index (χ2v) is 5.13. The van der Waals surface area contributed by atoms with Crippen LogP contribution in [0.15, 0.2) is 24.3 Å². The Morgan fingerprint density at radius 2 is 2.00 bits per heavy atom. The topological polar surface area (TPSA) is 24.5 Å². The summed E-state index contributed by atoms with van der Waals surface area (Å²) in [6.45, 7) is 2.65. The van der Waals surface area contributed by atoms with Crippen LogP contribution in [-0.2, 0) is 0 Å². The van der Waals surface area contributed by atoms with Gasteiger partial charge in [0.2, 0.25) is 0 Å². The molecule has 0 atom stereocenters. The van der Waals surface area contributed by atoms with Gasteiger partial charge in [-0.1, -0.05) is 19.1 Å². The van der Waals surface area contributed by atoms with Gasteiger partial charge in [0.1, 0.15) is 5.75 Å². The third-order valence-electron chi connectivity index (χ3n) is 3.59. The summed E-state index contributed by atoms with van der Waals surface area (Å²) in [6.07, 6.45) is 3.23. The summed E-state index contributed by atoms with van der Waals surface area (Å²) >= 11 is 0. The number of nitrogens with zero attached hydrogens (tertiary/aromatic N) is 1. The molecule has 1 heterocycles. The zero-order valence-electron chi connectivity index (χ0n) is 11.8. The van der Waals surface area contributed by atoms with E-state index in [-0.39, 0.29) is 5.75 Å². The van der Waals surface area contributed by atoms with E-state index in [0.29, 0.717) is 11.7 Å². The second-order valence-electron chi connectivity index (χ2n) is 5.13. The highest BCUT2D eigenvalue weighted by Crippen LogP contribution is 2.27. The normalized spacial score (nSPS) is 17.4. The van der Waals surface area contributed by atoms with Crippen molar-refractivity contribution in [3.63, 3.8) is 0 Å². The lowest BCUT2D eigenvalue weighted by Crippen LogP contribution is -2.39. The van der Waals surface area contributed by atoms with Gasteiger partial charge in [-0.2, -0.15) is 8.78 Å². The minimum Gasteiger partial charge on any atom is -0.433 e. The Morgan fingerprint density at radius 3 is 2.65 bits per heavy atom. The van der Waals surface area contributed by atoms with Crippen LogP contribution in [0, 0.1) is 0 Å². The van der Waals surface area contributed by atoms with Gasteiger partial charge in [-0.25, -0.2) is 0 Å². The fraction of sp³-hybridized carbons (Fsp3) is 0.600. The number of halogens is 2. The standard InChI is InChI=1S/C15H22F2N2O/c1-2-9-19-10-7-12(8-11-19)18-13-5-3-4-6-14(13)20-15(16)17/h3-6,12,15,18H,2,7-11H2,1H3. The van der Waals surface area contributed by atoms with Gasteiger partial charge in [-0.3, -0.25) is 0 Å². The van der Waals surface area contributed by atoms with Crippen LogP contribution < -0.4 is 10.1 Å². The van der Waals surface area contributed by atoms with E-state index in [1.165, 1.54) is 6.42 Å². The number of para-hydroxylation sites is 2. The van der Waals surface area contributed by atoms with Crippen molar-refractivity contribution in [3.05, 3.63) is 24.3 Å². The number of hydrogen-bond acceptors (Lipinski definition) is 3. The average Bonchev–Trinajstić information content (AvgIpc) is 2.43. The minimum absolute atomic E-state index is 0.221. The number of nitrogens with one attached hydrogen (secondary N) is 1. The third kappa shape index (κ3) is 4.34. The van der Waals surface area contributed by atoms with Crippen LogP contribution in [0.25, 0.3) is 0 Å².